The molecule has 0 saturated carbocycles. The molecule has 110 valence electrons. The molecule has 0 amide bonds. The van der Waals surface area contributed by atoms with Crippen molar-refractivity contribution in [3.63, 3.8) is 0 Å². The molecular formula is C15H18N4O2. The summed E-state index contributed by atoms with van der Waals surface area (Å²) in [5.41, 5.74) is 4.39. The highest BCUT2D eigenvalue weighted by Crippen LogP contribution is 2.34. The van der Waals surface area contributed by atoms with E-state index in [1.54, 1.807) is 0 Å². The molecule has 0 atom stereocenters. The predicted molar refractivity (Wildman–Crippen MR) is 80.4 cm³/mol. The van der Waals surface area contributed by atoms with Crippen molar-refractivity contribution in [2.75, 3.05) is 18.6 Å². The van der Waals surface area contributed by atoms with Gasteiger partial charge in [-0.2, -0.15) is 0 Å². The number of hydrogen-bond donors (Lipinski definition) is 2. The van der Waals surface area contributed by atoms with Gasteiger partial charge < -0.3 is 14.9 Å². The number of hydrazine groups is 1. The minimum atomic E-state index is 0.288. The SMILES string of the molecule is CC(C)c1cc(NN)nc(-c2ccc3c(c2)OCCO3)n1. The third kappa shape index (κ3) is 2.75. The highest BCUT2D eigenvalue weighted by Gasteiger charge is 2.15. The van der Waals surface area contributed by atoms with Gasteiger partial charge in [-0.15, -0.1) is 0 Å². The van der Waals surface area contributed by atoms with Crippen LogP contribution in [0.3, 0.4) is 0 Å². The molecule has 1 aromatic heterocycles. The van der Waals surface area contributed by atoms with Gasteiger partial charge in [-0.1, -0.05) is 13.8 Å². The van der Waals surface area contributed by atoms with E-state index in [0.29, 0.717) is 24.9 Å². The lowest BCUT2D eigenvalue weighted by Crippen LogP contribution is -2.15. The van der Waals surface area contributed by atoms with Crippen LogP contribution in [0.4, 0.5) is 5.82 Å². The number of fused-ring (bicyclic) bond motifs is 1. The van der Waals surface area contributed by atoms with Gasteiger partial charge in [-0.25, -0.2) is 15.8 Å². The molecule has 0 spiro atoms. The summed E-state index contributed by atoms with van der Waals surface area (Å²) in [5.74, 6) is 8.47. The van der Waals surface area contributed by atoms with Crippen molar-refractivity contribution in [1.82, 2.24) is 9.97 Å². The molecule has 0 radical (unpaired) electrons. The molecular weight excluding hydrogens is 268 g/mol. The van der Waals surface area contributed by atoms with E-state index in [4.69, 9.17) is 15.3 Å². The molecule has 0 fully saturated rings. The maximum atomic E-state index is 5.60. The van der Waals surface area contributed by atoms with Crippen LogP contribution < -0.4 is 20.7 Å². The van der Waals surface area contributed by atoms with Crippen molar-refractivity contribution in [3.05, 3.63) is 30.0 Å². The Morgan fingerprint density at radius 1 is 1.10 bits per heavy atom. The van der Waals surface area contributed by atoms with E-state index < -0.39 is 0 Å². The monoisotopic (exact) mass is 286 g/mol. The minimum absolute atomic E-state index is 0.288. The van der Waals surface area contributed by atoms with Crippen LogP contribution in [0.1, 0.15) is 25.5 Å². The second kappa shape index (κ2) is 5.57. The predicted octanol–water partition coefficient (Wildman–Crippen LogP) is 2.32. The third-order valence-corrected chi connectivity index (χ3v) is 3.29. The van der Waals surface area contributed by atoms with E-state index in [-0.39, 0.29) is 5.92 Å². The fraction of sp³-hybridized carbons (Fsp3) is 0.333. The Kier molecular flexibility index (Phi) is 3.62. The second-order valence-electron chi connectivity index (χ2n) is 5.16. The zero-order chi connectivity index (χ0) is 14.8. The fourth-order valence-corrected chi connectivity index (χ4v) is 2.15. The van der Waals surface area contributed by atoms with E-state index in [1.807, 2.05) is 24.3 Å². The van der Waals surface area contributed by atoms with Crippen molar-refractivity contribution >= 4 is 5.82 Å². The number of nitrogens with two attached hydrogens (primary N) is 1. The molecule has 0 aliphatic carbocycles. The van der Waals surface area contributed by atoms with E-state index >= 15 is 0 Å². The number of ether oxygens (including phenoxy) is 2. The standard InChI is InChI=1S/C15H18N4O2/c1-9(2)11-8-14(19-16)18-15(17-11)10-3-4-12-13(7-10)21-6-5-20-12/h3-4,7-9H,5-6,16H2,1-2H3,(H,17,18,19). The molecule has 6 nitrogen and oxygen atoms in total. The van der Waals surface area contributed by atoms with Crippen LogP contribution in [0.15, 0.2) is 24.3 Å². The molecule has 0 saturated heterocycles. The number of aromatic nitrogens is 2. The molecule has 2 heterocycles. The summed E-state index contributed by atoms with van der Waals surface area (Å²) in [4.78, 5) is 9.01. The summed E-state index contributed by atoms with van der Waals surface area (Å²) in [5, 5.41) is 0. The number of anilines is 1. The van der Waals surface area contributed by atoms with Gasteiger partial charge in [0, 0.05) is 17.3 Å². The normalized spacial score (nSPS) is 13.3. The topological polar surface area (TPSA) is 82.3 Å². The highest BCUT2D eigenvalue weighted by atomic mass is 16.6. The number of rotatable bonds is 3. The Bertz CT molecular complexity index is 658. The van der Waals surface area contributed by atoms with Gasteiger partial charge in [0.25, 0.3) is 0 Å². The number of nitrogens with one attached hydrogen (secondary N) is 1. The summed E-state index contributed by atoms with van der Waals surface area (Å²) in [6, 6.07) is 7.55. The average Bonchev–Trinajstić information content (AvgIpc) is 2.53. The summed E-state index contributed by atoms with van der Waals surface area (Å²) >= 11 is 0. The van der Waals surface area contributed by atoms with E-state index in [9.17, 15) is 0 Å². The Morgan fingerprint density at radius 3 is 2.57 bits per heavy atom. The van der Waals surface area contributed by atoms with Crippen LogP contribution in [0.25, 0.3) is 11.4 Å². The average molecular weight is 286 g/mol. The Balaban J connectivity index is 2.05. The van der Waals surface area contributed by atoms with E-state index in [0.717, 1.165) is 22.8 Å². The first kappa shape index (κ1) is 13.6. The lowest BCUT2D eigenvalue weighted by molar-refractivity contribution is 0.171. The van der Waals surface area contributed by atoms with Crippen molar-refractivity contribution < 1.29 is 9.47 Å². The first-order valence-electron chi connectivity index (χ1n) is 6.93. The number of nitrogens with zero attached hydrogens (tertiary/aromatic N) is 2. The van der Waals surface area contributed by atoms with Gasteiger partial charge in [0.05, 0.1) is 0 Å². The molecule has 0 bridgehead atoms. The third-order valence-electron chi connectivity index (χ3n) is 3.29. The van der Waals surface area contributed by atoms with Crippen LogP contribution in [-0.4, -0.2) is 23.2 Å². The zero-order valence-corrected chi connectivity index (χ0v) is 12.1. The van der Waals surface area contributed by atoms with Crippen LogP contribution in [0.2, 0.25) is 0 Å². The summed E-state index contributed by atoms with van der Waals surface area (Å²) in [6.45, 7) is 5.29. The van der Waals surface area contributed by atoms with Crippen molar-refractivity contribution in [3.8, 4) is 22.9 Å². The van der Waals surface area contributed by atoms with Gasteiger partial charge in [0.2, 0.25) is 0 Å². The van der Waals surface area contributed by atoms with Crippen LogP contribution in [0, 0.1) is 0 Å². The summed E-state index contributed by atoms with van der Waals surface area (Å²) in [7, 11) is 0. The largest absolute Gasteiger partial charge is 0.486 e. The molecule has 3 N–H and O–H groups in total. The van der Waals surface area contributed by atoms with Gasteiger partial charge in [-0.05, 0) is 24.1 Å². The first-order valence-corrected chi connectivity index (χ1v) is 6.93. The molecule has 0 unspecified atom stereocenters. The zero-order valence-electron chi connectivity index (χ0n) is 12.1. The first-order chi connectivity index (χ1) is 10.2. The molecule has 6 heteroatoms. The van der Waals surface area contributed by atoms with Gasteiger partial charge in [0.15, 0.2) is 17.3 Å². The molecule has 1 aliphatic heterocycles. The number of benzene rings is 1. The highest BCUT2D eigenvalue weighted by molar-refractivity contribution is 5.63. The van der Waals surface area contributed by atoms with E-state index in [2.05, 4.69) is 29.2 Å². The maximum Gasteiger partial charge on any atom is 0.162 e. The Morgan fingerprint density at radius 2 is 1.86 bits per heavy atom. The van der Waals surface area contributed by atoms with Crippen molar-refractivity contribution in [1.29, 1.82) is 0 Å². The quantitative estimate of drug-likeness (QED) is 0.665. The van der Waals surface area contributed by atoms with Crippen LogP contribution in [0.5, 0.6) is 11.5 Å². The lowest BCUT2D eigenvalue weighted by atomic mass is 10.1. The second-order valence-corrected chi connectivity index (χ2v) is 5.16. The molecule has 1 aromatic carbocycles. The Hall–Kier alpha value is -2.34. The molecule has 3 rings (SSSR count). The number of hydrogen-bond acceptors (Lipinski definition) is 6. The lowest BCUT2D eigenvalue weighted by Gasteiger charge is -2.19. The fourth-order valence-electron chi connectivity index (χ4n) is 2.15. The van der Waals surface area contributed by atoms with E-state index in [1.165, 1.54) is 0 Å². The smallest absolute Gasteiger partial charge is 0.162 e. The molecule has 2 aromatic rings. The molecule has 21 heavy (non-hydrogen) atoms. The van der Waals surface area contributed by atoms with Crippen molar-refractivity contribution in [2.45, 2.75) is 19.8 Å². The van der Waals surface area contributed by atoms with Gasteiger partial charge >= 0.3 is 0 Å². The van der Waals surface area contributed by atoms with Crippen molar-refractivity contribution in [2.24, 2.45) is 5.84 Å². The molecule has 1 aliphatic rings. The summed E-state index contributed by atoms with van der Waals surface area (Å²) < 4.78 is 11.1. The summed E-state index contributed by atoms with van der Waals surface area (Å²) in [6.07, 6.45) is 0. The maximum absolute atomic E-state index is 5.60. The van der Waals surface area contributed by atoms with Gasteiger partial charge in [-0.3, -0.25) is 0 Å². The number of nitrogen functional groups attached to an aromatic ring is 1. The minimum Gasteiger partial charge on any atom is -0.486 e. The van der Waals surface area contributed by atoms with Crippen LogP contribution >= 0.6 is 0 Å². The Labute approximate surface area is 123 Å². The van der Waals surface area contributed by atoms with Crippen LogP contribution in [-0.2, 0) is 0 Å². The van der Waals surface area contributed by atoms with Gasteiger partial charge in [0.1, 0.15) is 19.0 Å².